The van der Waals surface area contributed by atoms with Crippen molar-refractivity contribution in [3.05, 3.63) is 24.3 Å². The predicted octanol–water partition coefficient (Wildman–Crippen LogP) is 1.53. The summed E-state index contributed by atoms with van der Waals surface area (Å²) in [4.78, 5) is 15.5. The minimum atomic E-state index is 0.427. The van der Waals surface area contributed by atoms with Crippen molar-refractivity contribution in [1.82, 2.24) is 15.0 Å². The maximum absolute atomic E-state index is 6.03. The number of ether oxygens (including phenoxy) is 2. The van der Waals surface area contributed by atoms with Crippen molar-refractivity contribution in [2.45, 2.75) is 13.3 Å². The fourth-order valence-corrected chi connectivity index (χ4v) is 2.77. The van der Waals surface area contributed by atoms with Gasteiger partial charge in [0.25, 0.3) is 0 Å². The van der Waals surface area contributed by atoms with E-state index in [9.17, 15) is 0 Å². The van der Waals surface area contributed by atoms with Gasteiger partial charge in [-0.05, 0) is 12.5 Å². The topological polar surface area (TPSA) is 86.4 Å². The highest BCUT2D eigenvalue weighted by Gasteiger charge is 2.21. The molecule has 2 aromatic rings. The molecule has 7 nitrogen and oxygen atoms in total. The van der Waals surface area contributed by atoms with Crippen molar-refractivity contribution in [1.29, 1.82) is 0 Å². The minimum Gasteiger partial charge on any atom is -0.480 e. The molecule has 0 amide bonds. The van der Waals surface area contributed by atoms with Gasteiger partial charge in [0, 0.05) is 30.4 Å². The molecule has 3 heterocycles. The molecule has 0 aliphatic carbocycles. The van der Waals surface area contributed by atoms with Gasteiger partial charge in [-0.1, -0.05) is 6.92 Å². The van der Waals surface area contributed by atoms with Crippen molar-refractivity contribution < 1.29 is 9.47 Å². The van der Waals surface area contributed by atoms with Crippen molar-refractivity contribution in [3.8, 4) is 17.0 Å². The number of pyridine rings is 1. The lowest BCUT2D eigenvalue weighted by molar-refractivity contribution is 0.122. The lowest BCUT2D eigenvalue weighted by Crippen LogP contribution is -2.37. The van der Waals surface area contributed by atoms with Gasteiger partial charge in [-0.25, -0.2) is 15.0 Å². The van der Waals surface area contributed by atoms with Gasteiger partial charge in [-0.3, -0.25) is 0 Å². The summed E-state index contributed by atoms with van der Waals surface area (Å²) in [6.45, 7) is 5.11. The van der Waals surface area contributed by atoms with Gasteiger partial charge in [-0.2, -0.15) is 0 Å². The first-order valence-electron chi connectivity index (χ1n) is 7.71. The molecule has 1 saturated heterocycles. The van der Waals surface area contributed by atoms with E-state index in [2.05, 4.69) is 26.8 Å². The number of nitrogens with two attached hydrogens (primary N) is 1. The molecule has 1 aliphatic heterocycles. The molecule has 0 bridgehead atoms. The van der Waals surface area contributed by atoms with Gasteiger partial charge < -0.3 is 20.1 Å². The molecule has 0 radical (unpaired) electrons. The summed E-state index contributed by atoms with van der Waals surface area (Å²) in [6, 6.07) is 1.87. The van der Waals surface area contributed by atoms with Crippen molar-refractivity contribution in [2.24, 2.45) is 0 Å². The Morgan fingerprint density at radius 2 is 2.04 bits per heavy atom. The zero-order valence-corrected chi connectivity index (χ0v) is 13.5. The van der Waals surface area contributed by atoms with E-state index in [-0.39, 0.29) is 0 Å². The summed E-state index contributed by atoms with van der Waals surface area (Å²) in [7, 11) is 1.56. The first-order valence-corrected chi connectivity index (χ1v) is 7.71. The lowest BCUT2D eigenvalue weighted by Gasteiger charge is -2.30. The molecule has 0 atom stereocenters. The number of aryl methyl sites for hydroxylation is 1. The summed E-state index contributed by atoms with van der Waals surface area (Å²) in [5.41, 5.74) is 9.40. The minimum absolute atomic E-state index is 0.427. The van der Waals surface area contributed by atoms with Crippen LogP contribution < -0.4 is 15.4 Å². The number of nitrogen functional groups attached to an aromatic ring is 1. The molecule has 23 heavy (non-hydrogen) atoms. The highest BCUT2D eigenvalue weighted by molar-refractivity contribution is 5.79. The smallest absolute Gasteiger partial charge is 0.236 e. The maximum atomic E-state index is 6.03. The highest BCUT2D eigenvalue weighted by atomic mass is 16.5. The van der Waals surface area contributed by atoms with Crippen molar-refractivity contribution in [2.75, 3.05) is 44.0 Å². The van der Waals surface area contributed by atoms with Crippen molar-refractivity contribution >= 4 is 11.5 Å². The van der Waals surface area contributed by atoms with E-state index in [4.69, 9.17) is 15.2 Å². The van der Waals surface area contributed by atoms with Gasteiger partial charge >= 0.3 is 0 Å². The highest BCUT2D eigenvalue weighted by Crippen LogP contribution is 2.34. The van der Waals surface area contributed by atoms with E-state index in [0.29, 0.717) is 24.8 Å². The number of methoxy groups -OCH3 is 1. The molecule has 3 rings (SSSR count). The average Bonchev–Trinajstić information content (AvgIpc) is 2.61. The van der Waals surface area contributed by atoms with Gasteiger partial charge in [0.15, 0.2) is 0 Å². The van der Waals surface area contributed by atoms with Crippen LogP contribution in [0.2, 0.25) is 0 Å². The van der Waals surface area contributed by atoms with Crippen LogP contribution in [0.3, 0.4) is 0 Å². The largest absolute Gasteiger partial charge is 0.480 e. The summed E-state index contributed by atoms with van der Waals surface area (Å²) < 4.78 is 10.6. The van der Waals surface area contributed by atoms with Crippen LogP contribution in [0, 0.1) is 0 Å². The van der Waals surface area contributed by atoms with Crippen LogP contribution in [0.25, 0.3) is 11.1 Å². The summed E-state index contributed by atoms with van der Waals surface area (Å²) in [6.07, 6.45) is 4.19. The van der Waals surface area contributed by atoms with Gasteiger partial charge in [0.2, 0.25) is 5.88 Å². The molecule has 0 aromatic carbocycles. The molecule has 2 N–H and O–H groups in total. The third kappa shape index (κ3) is 3.05. The Kier molecular flexibility index (Phi) is 4.57. The second-order valence-corrected chi connectivity index (χ2v) is 5.29. The molecule has 0 saturated carbocycles. The van der Waals surface area contributed by atoms with Gasteiger partial charge in [0.05, 0.1) is 31.7 Å². The molecule has 0 unspecified atom stereocenters. The second-order valence-electron chi connectivity index (χ2n) is 5.29. The Balaban J connectivity index is 2.10. The van der Waals surface area contributed by atoms with Crippen LogP contribution in [0.4, 0.5) is 11.5 Å². The molecule has 0 spiro atoms. The zero-order chi connectivity index (χ0) is 16.2. The molecule has 7 heteroatoms. The Bertz CT molecular complexity index is 686. The fraction of sp³-hybridized carbons (Fsp3) is 0.438. The normalized spacial score (nSPS) is 14.8. The van der Waals surface area contributed by atoms with E-state index in [1.807, 2.05) is 6.07 Å². The zero-order valence-electron chi connectivity index (χ0n) is 13.5. The van der Waals surface area contributed by atoms with Crippen LogP contribution >= 0.6 is 0 Å². The average molecular weight is 315 g/mol. The summed E-state index contributed by atoms with van der Waals surface area (Å²) >= 11 is 0. The fourth-order valence-electron chi connectivity index (χ4n) is 2.77. The molecule has 122 valence electrons. The van der Waals surface area contributed by atoms with Crippen LogP contribution in [0.5, 0.6) is 5.88 Å². The first-order chi connectivity index (χ1) is 11.2. The predicted molar refractivity (Wildman–Crippen MR) is 88.6 cm³/mol. The monoisotopic (exact) mass is 315 g/mol. The third-order valence-corrected chi connectivity index (χ3v) is 3.91. The van der Waals surface area contributed by atoms with E-state index in [1.165, 1.54) is 0 Å². The van der Waals surface area contributed by atoms with E-state index < -0.39 is 0 Å². The van der Waals surface area contributed by atoms with E-state index >= 15 is 0 Å². The first kappa shape index (κ1) is 15.5. The standard InChI is InChI=1S/C16H21N5O2/c1-3-13-14(11-8-12(17)16(22-2)18-9-11)15(20-10-19-13)21-4-6-23-7-5-21/h8-10H,3-7,17H2,1-2H3. The van der Waals surface area contributed by atoms with Gasteiger partial charge in [-0.15, -0.1) is 0 Å². The van der Waals surface area contributed by atoms with E-state index in [0.717, 1.165) is 42.1 Å². The molecule has 2 aromatic heterocycles. The van der Waals surface area contributed by atoms with Crippen LogP contribution in [-0.4, -0.2) is 48.4 Å². The molecular formula is C16H21N5O2. The summed E-state index contributed by atoms with van der Waals surface area (Å²) in [5, 5.41) is 0. The Morgan fingerprint density at radius 3 is 2.70 bits per heavy atom. The Labute approximate surface area is 135 Å². The van der Waals surface area contributed by atoms with Crippen LogP contribution in [0.1, 0.15) is 12.6 Å². The van der Waals surface area contributed by atoms with Crippen LogP contribution in [-0.2, 0) is 11.2 Å². The third-order valence-electron chi connectivity index (χ3n) is 3.91. The number of rotatable bonds is 4. The number of nitrogens with zero attached hydrogens (tertiary/aromatic N) is 4. The Hall–Kier alpha value is -2.41. The second kappa shape index (κ2) is 6.78. The molecule has 1 aliphatic rings. The number of hydrogen-bond acceptors (Lipinski definition) is 7. The number of morpholine rings is 1. The molecule has 1 fully saturated rings. The number of anilines is 2. The summed E-state index contributed by atoms with van der Waals surface area (Å²) in [5.74, 6) is 1.34. The SMILES string of the molecule is CCc1ncnc(N2CCOCC2)c1-c1cnc(OC)c(N)c1. The Morgan fingerprint density at radius 1 is 1.26 bits per heavy atom. The molecular weight excluding hydrogens is 294 g/mol. The lowest BCUT2D eigenvalue weighted by atomic mass is 10.0. The van der Waals surface area contributed by atoms with E-state index in [1.54, 1.807) is 19.6 Å². The van der Waals surface area contributed by atoms with Gasteiger partial charge in [0.1, 0.15) is 12.1 Å². The number of aromatic nitrogens is 3. The van der Waals surface area contributed by atoms with Crippen LogP contribution in [0.15, 0.2) is 18.6 Å². The number of hydrogen-bond donors (Lipinski definition) is 1. The quantitative estimate of drug-likeness (QED) is 0.915. The van der Waals surface area contributed by atoms with Crippen molar-refractivity contribution in [3.63, 3.8) is 0 Å². The maximum Gasteiger partial charge on any atom is 0.236 e.